The number of nitrogens with zero attached hydrogens (tertiary/aromatic N) is 2. The molecule has 1 fully saturated rings. The molecule has 2 aromatic rings. The third-order valence-electron chi connectivity index (χ3n) is 6.27. The predicted molar refractivity (Wildman–Crippen MR) is 141 cm³/mol. The summed E-state index contributed by atoms with van der Waals surface area (Å²) in [5.41, 5.74) is 2.11. The lowest BCUT2D eigenvalue weighted by molar-refractivity contribution is -0.142. The fourth-order valence-corrected chi connectivity index (χ4v) is 4.97. The van der Waals surface area contributed by atoms with Gasteiger partial charge in [0.2, 0.25) is 17.7 Å². The Labute approximate surface area is 216 Å². The molecule has 0 bridgehead atoms. The minimum Gasteiger partial charge on any atom is -0.357 e. The van der Waals surface area contributed by atoms with E-state index in [4.69, 9.17) is 0 Å². The fourth-order valence-electron chi connectivity index (χ4n) is 4.38. The van der Waals surface area contributed by atoms with Crippen molar-refractivity contribution in [3.05, 3.63) is 71.8 Å². The maximum atomic E-state index is 13.8. The molecule has 8 heteroatoms. The highest BCUT2D eigenvalue weighted by atomic mass is 79.9. The Balaban J connectivity index is 1.87. The maximum Gasteiger partial charge on any atom is 0.247 e. The summed E-state index contributed by atoms with van der Waals surface area (Å²) in [5.74, 6) is -0.644. The SMILES string of the molecule is CCCC(Br)C(=O)NC1CN(Cc2ccccc2)CCN(C(Cc2ccccc2)C(=O)NC)C1=O. The molecule has 3 rings (SSSR count). The molecule has 3 unspecified atom stereocenters. The molecule has 1 saturated heterocycles. The average Bonchev–Trinajstić information content (AvgIpc) is 3.02. The monoisotopic (exact) mass is 542 g/mol. The number of amides is 3. The van der Waals surface area contributed by atoms with Gasteiger partial charge >= 0.3 is 0 Å². The van der Waals surface area contributed by atoms with E-state index >= 15 is 0 Å². The van der Waals surface area contributed by atoms with Crippen molar-refractivity contribution in [1.82, 2.24) is 20.4 Å². The Morgan fingerprint density at radius 3 is 2.23 bits per heavy atom. The summed E-state index contributed by atoms with van der Waals surface area (Å²) >= 11 is 3.45. The van der Waals surface area contributed by atoms with Gasteiger partial charge in [0.25, 0.3) is 0 Å². The van der Waals surface area contributed by atoms with E-state index in [2.05, 4.69) is 43.6 Å². The molecule has 0 aliphatic carbocycles. The number of nitrogens with one attached hydrogen (secondary N) is 2. The summed E-state index contributed by atoms with van der Waals surface area (Å²) in [4.78, 5) is 43.1. The zero-order valence-corrected chi connectivity index (χ0v) is 22.0. The Morgan fingerprint density at radius 2 is 1.63 bits per heavy atom. The minimum atomic E-state index is -0.742. The van der Waals surface area contributed by atoms with Crippen LogP contribution in [0, 0.1) is 0 Å². The zero-order chi connectivity index (χ0) is 25.2. The number of carbonyl (C=O) groups is 3. The second kappa shape index (κ2) is 13.4. The Morgan fingerprint density at radius 1 is 1.00 bits per heavy atom. The van der Waals surface area contributed by atoms with Crippen molar-refractivity contribution in [3.8, 4) is 0 Å². The predicted octanol–water partition coefficient (Wildman–Crippen LogP) is 2.74. The number of rotatable bonds is 10. The molecular formula is C27H35BrN4O3. The van der Waals surface area contributed by atoms with Crippen LogP contribution >= 0.6 is 15.9 Å². The van der Waals surface area contributed by atoms with Crippen LogP contribution in [0.5, 0.6) is 0 Å². The minimum absolute atomic E-state index is 0.203. The lowest BCUT2D eigenvalue weighted by atomic mass is 10.0. The van der Waals surface area contributed by atoms with E-state index in [1.165, 1.54) is 0 Å². The van der Waals surface area contributed by atoms with E-state index < -0.39 is 12.1 Å². The lowest BCUT2D eigenvalue weighted by Crippen LogP contribution is -2.57. The third kappa shape index (κ3) is 7.64. The highest BCUT2D eigenvalue weighted by molar-refractivity contribution is 9.10. The van der Waals surface area contributed by atoms with Crippen LogP contribution in [0.1, 0.15) is 30.9 Å². The smallest absolute Gasteiger partial charge is 0.247 e. The molecule has 3 amide bonds. The van der Waals surface area contributed by atoms with Crippen molar-refractivity contribution in [2.24, 2.45) is 0 Å². The standard InChI is InChI=1S/C27H35BrN4O3/c1-3-10-22(28)25(33)30-23-19-31(18-21-13-8-5-9-14-21)15-16-32(27(23)35)24(26(34)29-2)17-20-11-6-4-7-12-20/h4-9,11-14,22-24H,3,10,15-19H2,1-2H3,(H,29,34)(H,30,33). The first-order valence-corrected chi connectivity index (χ1v) is 13.1. The number of carbonyl (C=O) groups excluding carboxylic acids is 3. The lowest BCUT2D eigenvalue weighted by Gasteiger charge is -2.31. The summed E-state index contributed by atoms with van der Waals surface area (Å²) in [5, 5.41) is 5.69. The van der Waals surface area contributed by atoms with Crippen LogP contribution in [-0.2, 0) is 27.3 Å². The number of halogens is 1. The van der Waals surface area contributed by atoms with E-state index in [0.717, 1.165) is 17.5 Å². The Kier molecular flexibility index (Phi) is 10.3. The first-order chi connectivity index (χ1) is 16.9. The molecule has 3 atom stereocenters. The van der Waals surface area contributed by atoms with Gasteiger partial charge in [-0.2, -0.15) is 0 Å². The van der Waals surface area contributed by atoms with Crippen LogP contribution < -0.4 is 10.6 Å². The first-order valence-electron chi connectivity index (χ1n) is 12.2. The van der Waals surface area contributed by atoms with Gasteiger partial charge < -0.3 is 15.5 Å². The number of alkyl halides is 1. The second-order valence-electron chi connectivity index (χ2n) is 8.89. The van der Waals surface area contributed by atoms with Crippen LogP contribution in [0.25, 0.3) is 0 Å². The fraction of sp³-hybridized carbons (Fsp3) is 0.444. The number of benzene rings is 2. The Hall–Kier alpha value is -2.71. The second-order valence-corrected chi connectivity index (χ2v) is 9.99. The van der Waals surface area contributed by atoms with Gasteiger partial charge in [-0.15, -0.1) is 0 Å². The third-order valence-corrected chi connectivity index (χ3v) is 7.14. The molecule has 35 heavy (non-hydrogen) atoms. The molecule has 7 nitrogen and oxygen atoms in total. The largest absolute Gasteiger partial charge is 0.357 e. The van der Waals surface area contributed by atoms with E-state index in [1.807, 2.05) is 55.5 Å². The van der Waals surface area contributed by atoms with Gasteiger partial charge in [0.15, 0.2) is 0 Å². The van der Waals surface area contributed by atoms with Crippen molar-refractivity contribution < 1.29 is 14.4 Å². The zero-order valence-electron chi connectivity index (χ0n) is 20.5. The van der Waals surface area contributed by atoms with Crippen LogP contribution in [0.3, 0.4) is 0 Å². The van der Waals surface area contributed by atoms with Gasteiger partial charge in [0, 0.05) is 39.6 Å². The van der Waals surface area contributed by atoms with E-state index in [1.54, 1.807) is 11.9 Å². The van der Waals surface area contributed by atoms with Gasteiger partial charge in [-0.1, -0.05) is 89.9 Å². The van der Waals surface area contributed by atoms with E-state index in [0.29, 0.717) is 39.0 Å². The molecule has 1 aliphatic rings. The molecule has 0 saturated carbocycles. The van der Waals surface area contributed by atoms with Gasteiger partial charge in [-0.25, -0.2) is 0 Å². The Bertz CT molecular complexity index is 973. The van der Waals surface area contributed by atoms with E-state index in [-0.39, 0.29) is 22.5 Å². The van der Waals surface area contributed by atoms with Crippen molar-refractivity contribution in [1.29, 1.82) is 0 Å². The summed E-state index contributed by atoms with van der Waals surface area (Å²) in [6.45, 7) is 4.05. The average molecular weight is 544 g/mol. The molecule has 2 N–H and O–H groups in total. The number of hydrogen-bond acceptors (Lipinski definition) is 4. The first kappa shape index (κ1) is 26.9. The molecule has 0 aromatic heterocycles. The highest BCUT2D eigenvalue weighted by Gasteiger charge is 2.38. The maximum absolute atomic E-state index is 13.8. The van der Waals surface area contributed by atoms with Crippen molar-refractivity contribution in [3.63, 3.8) is 0 Å². The topological polar surface area (TPSA) is 81.8 Å². The molecule has 2 aromatic carbocycles. The van der Waals surface area contributed by atoms with Gasteiger partial charge in [0.1, 0.15) is 12.1 Å². The number of hydrogen-bond donors (Lipinski definition) is 2. The quantitative estimate of drug-likeness (QED) is 0.452. The summed E-state index contributed by atoms with van der Waals surface area (Å²) in [7, 11) is 1.59. The molecule has 0 spiro atoms. The van der Waals surface area contributed by atoms with Crippen LogP contribution in [0.2, 0.25) is 0 Å². The molecule has 1 heterocycles. The van der Waals surface area contributed by atoms with Gasteiger partial charge in [-0.3, -0.25) is 19.3 Å². The van der Waals surface area contributed by atoms with Crippen molar-refractivity contribution in [2.75, 3.05) is 26.7 Å². The highest BCUT2D eigenvalue weighted by Crippen LogP contribution is 2.17. The van der Waals surface area contributed by atoms with Crippen molar-refractivity contribution >= 4 is 33.7 Å². The normalized spacial score (nSPS) is 18.4. The molecule has 1 aliphatic heterocycles. The van der Waals surface area contributed by atoms with E-state index in [9.17, 15) is 14.4 Å². The summed E-state index contributed by atoms with van der Waals surface area (Å²) in [6.07, 6.45) is 1.94. The molecular weight excluding hydrogens is 508 g/mol. The number of likely N-dealkylation sites (N-methyl/N-ethyl adjacent to an activating group) is 1. The van der Waals surface area contributed by atoms with Gasteiger partial charge in [0.05, 0.1) is 4.83 Å². The van der Waals surface area contributed by atoms with Crippen LogP contribution in [-0.4, -0.2) is 71.1 Å². The van der Waals surface area contributed by atoms with Crippen molar-refractivity contribution in [2.45, 2.75) is 49.6 Å². The van der Waals surface area contributed by atoms with Crippen LogP contribution in [0.15, 0.2) is 60.7 Å². The summed E-state index contributed by atoms with van der Waals surface area (Å²) < 4.78 is 0. The summed E-state index contributed by atoms with van der Waals surface area (Å²) in [6, 6.07) is 18.3. The van der Waals surface area contributed by atoms with Gasteiger partial charge in [-0.05, 0) is 17.5 Å². The van der Waals surface area contributed by atoms with Crippen LogP contribution in [0.4, 0.5) is 0 Å². The molecule has 0 radical (unpaired) electrons. The molecule has 188 valence electrons.